The predicted octanol–water partition coefficient (Wildman–Crippen LogP) is 3.97. The number of fused-ring (bicyclic) bond motifs is 1. The Kier molecular flexibility index (Phi) is 4.94. The number of rotatable bonds is 4. The number of halogens is 1. The van der Waals surface area contributed by atoms with Crippen LogP contribution in [0.4, 0.5) is 0 Å². The molecule has 1 aromatic carbocycles. The number of hydrogen-bond donors (Lipinski definition) is 1. The Morgan fingerprint density at radius 2 is 2.05 bits per heavy atom. The zero-order valence-electron chi connectivity index (χ0n) is 11.5. The van der Waals surface area contributed by atoms with E-state index < -0.39 is 6.10 Å². The molecule has 0 amide bonds. The van der Waals surface area contributed by atoms with Crippen LogP contribution in [0.5, 0.6) is 11.5 Å². The second-order valence-electron chi connectivity index (χ2n) is 5.15. The Balaban J connectivity index is 2.22. The highest BCUT2D eigenvalue weighted by molar-refractivity contribution is 6.32. The summed E-state index contributed by atoms with van der Waals surface area (Å²) in [7, 11) is 0. The van der Waals surface area contributed by atoms with Crippen LogP contribution < -0.4 is 9.47 Å². The standard InChI is InChI=1S/C15H21ClO3/c1-3-10(2)7-13(17)11-8-12(16)15-14(9-11)18-5-4-6-19-15/h8-10,13,17H,3-7H2,1-2H3. The maximum Gasteiger partial charge on any atom is 0.179 e. The fraction of sp³-hybridized carbons (Fsp3) is 0.600. The molecule has 0 saturated heterocycles. The molecule has 19 heavy (non-hydrogen) atoms. The van der Waals surface area contributed by atoms with Gasteiger partial charge in [0, 0.05) is 6.42 Å². The molecule has 3 nitrogen and oxygen atoms in total. The molecule has 2 rings (SSSR count). The first-order chi connectivity index (χ1) is 9.11. The van der Waals surface area contributed by atoms with Crippen molar-refractivity contribution in [2.45, 2.75) is 39.2 Å². The topological polar surface area (TPSA) is 38.7 Å². The van der Waals surface area contributed by atoms with E-state index in [2.05, 4.69) is 13.8 Å². The SMILES string of the molecule is CCC(C)CC(O)c1cc(Cl)c2c(c1)OCCCO2. The highest BCUT2D eigenvalue weighted by Crippen LogP contribution is 2.40. The molecule has 4 heteroatoms. The number of hydrogen-bond acceptors (Lipinski definition) is 3. The molecule has 1 heterocycles. The molecule has 1 aromatic rings. The third-order valence-electron chi connectivity index (χ3n) is 3.53. The Hall–Kier alpha value is -0.930. The van der Waals surface area contributed by atoms with Gasteiger partial charge >= 0.3 is 0 Å². The summed E-state index contributed by atoms with van der Waals surface area (Å²) < 4.78 is 11.2. The van der Waals surface area contributed by atoms with Crippen LogP contribution in [0.15, 0.2) is 12.1 Å². The van der Waals surface area contributed by atoms with E-state index in [0.29, 0.717) is 35.7 Å². The molecule has 2 atom stereocenters. The lowest BCUT2D eigenvalue weighted by Gasteiger charge is -2.18. The maximum atomic E-state index is 10.3. The number of ether oxygens (including phenoxy) is 2. The summed E-state index contributed by atoms with van der Waals surface area (Å²) in [6.07, 6.45) is 2.11. The summed E-state index contributed by atoms with van der Waals surface area (Å²) in [5.41, 5.74) is 0.801. The van der Waals surface area contributed by atoms with E-state index in [9.17, 15) is 5.11 Å². The monoisotopic (exact) mass is 284 g/mol. The van der Waals surface area contributed by atoms with E-state index in [-0.39, 0.29) is 0 Å². The summed E-state index contributed by atoms with van der Waals surface area (Å²) >= 11 is 6.22. The van der Waals surface area contributed by atoms with E-state index in [1.165, 1.54) is 0 Å². The Morgan fingerprint density at radius 1 is 1.32 bits per heavy atom. The molecule has 0 radical (unpaired) electrons. The van der Waals surface area contributed by atoms with Crippen molar-refractivity contribution in [3.63, 3.8) is 0 Å². The van der Waals surface area contributed by atoms with Crippen LogP contribution in [0.1, 0.15) is 44.8 Å². The molecule has 0 saturated carbocycles. The van der Waals surface area contributed by atoms with Crippen molar-refractivity contribution in [3.8, 4) is 11.5 Å². The third-order valence-corrected chi connectivity index (χ3v) is 3.81. The zero-order chi connectivity index (χ0) is 13.8. The Morgan fingerprint density at radius 3 is 2.79 bits per heavy atom. The van der Waals surface area contributed by atoms with E-state index in [0.717, 1.165) is 24.8 Å². The molecule has 0 fully saturated rings. The van der Waals surface area contributed by atoms with Crippen molar-refractivity contribution < 1.29 is 14.6 Å². The van der Waals surface area contributed by atoms with Crippen molar-refractivity contribution in [2.75, 3.05) is 13.2 Å². The fourth-order valence-corrected chi connectivity index (χ4v) is 2.40. The predicted molar refractivity (Wildman–Crippen MR) is 76.1 cm³/mol. The Bertz CT molecular complexity index is 434. The minimum absolute atomic E-state index is 0.477. The van der Waals surface area contributed by atoms with Crippen LogP contribution >= 0.6 is 11.6 Å². The van der Waals surface area contributed by atoms with Gasteiger partial charge in [-0.05, 0) is 30.0 Å². The summed E-state index contributed by atoms with van der Waals surface area (Å²) in [5.74, 6) is 1.71. The summed E-state index contributed by atoms with van der Waals surface area (Å²) in [6, 6.07) is 3.63. The van der Waals surface area contributed by atoms with Gasteiger partial charge in [0.2, 0.25) is 0 Å². The van der Waals surface area contributed by atoms with Gasteiger partial charge in [0.15, 0.2) is 11.5 Å². The van der Waals surface area contributed by atoms with Gasteiger partial charge < -0.3 is 14.6 Å². The Labute approximate surface area is 119 Å². The molecule has 0 spiro atoms. The van der Waals surface area contributed by atoms with Gasteiger partial charge in [-0.25, -0.2) is 0 Å². The van der Waals surface area contributed by atoms with E-state index in [1.807, 2.05) is 6.07 Å². The second-order valence-corrected chi connectivity index (χ2v) is 5.55. The molecular formula is C15H21ClO3. The zero-order valence-corrected chi connectivity index (χ0v) is 12.2. The smallest absolute Gasteiger partial charge is 0.179 e. The number of benzene rings is 1. The van der Waals surface area contributed by atoms with Gasteiger partial charge in [-0.2, -0.15) is 0 Å². The normalized spacial score (nSPS) is 17.7. The molecular weight excluding hydrogens is 264 g/mol. The van der Waals surface area contributed by atoms with Crippen LogP contribution in [0.25, 0.3) is 0 Å². The summed E-state index contributed by atoms with van der Waals surface area (Å²) in [6.45, 7) is 5.49. The lowest BCUT2D eigenvalue weighted by atomic mass is 9.96. The van der Waals surface area contributed by atoms with Crippen LogP contribution in [0.2, 0.25) is 5.02 Å². The van der Waals surface area contributed by atoms with Crippen molar-refractivity contribution in [2.24, 2.45) is 5.92 Å². The van der Waals surface area contributed by atoms with Gasteiger partial charge in [0.25, 0.3) is 0 Å². The van der Waals surface area contributed by atoms with Gasteiger partial charge in [0.1, 0.15) is 0 Å². The number of aliphatic hydroxyl groups excluding tert-OH is 1. The van der Waals surface area contributed by atoms with E-state index in [1.54, 1.807) is 6.07 Å². The van der Waals surface area contributed by atoms with Crippen LogP contribution in [0.3, 0.4) is 0 Å². The first kappa shape index (κ1) is 14.5. The van der Waals surface area contributed by atoms with Gasteiger partial charge in [-0.3, -0.25) is 0 Å². The third kappa shape index (κ3) is 3.54. The van der Waals surface area contributed by atoms with Gasteiger partial charge in [0.05, 0.1) is 24.3 Å². The average Bonchev–Trinajstić information content (AvgIpc) is 2.63. The molecule has 0 bridgehead atoms. The fourth-order valence-electron chi connectivity index (χ4n) is 2.13. The lowest BCUT2D eigenvalue weighted by molar-refractivity contribution is 0.146. The van der Waals surface area contributed by atoms with Gasteiger partial charge in [-0.15, -0.1) is 0 Å². The second kappa shape index (κ2) is 6.49. The summed E-state index contributed by atoms with van der Waals surface area (Å²) in [4.78, 5) is 0. The van der Waals surface area contributed by atoms with Crippen LogP contribution in [-0.2, 0) is 0 Å². The molecule has 106 valence electrons. The lowest BCUT2D eigenvalue weighted by Crippen LogP contribution is -2.04. The highest BCUT2D eigenvalue weighted by Gasteiger charge is 2.19. The van der Waals surface area contributed by atoms with E-state index >= 15 is 0 Å². The van der Waals surface area contributed by atoms with Gasteiger partial charge in [-0.1, -0.05) is 31.9 Å². The highest BCUT2D eigenvalue weighted by atomic mass is 35.5. The van der Waals surface area contributed by atoms with Crippen molar-refractivity contribution in [1.29, 1.82) is 0 Å². The molecule has 2 unspecified atom stereocenters. The van der Waals surface area contributed by atoms with E-state index in [4.69, 9.17) is 21.1 Å². The summed E-state index contributed by atoms with van der Waals surface area (Å²) in [5, 5.41) is 10.8. The average molecular weight is 285 g/mol. The molecule has 1 N–H and O–H groups in total. The largest absolute Gasteiger partial charge is 0.489 e. The first-order valence-electron chi connectivity index (χ1n) is 6.89. The van der Waals surface area contributed by atoms with Crippen molar-refractivity contribution >= 4 is 11.6 Å². The first-order valence-corrected chi connectivity index (χ1v) is 7.26. The molecule has 1 aliphatic heterocycles. The minimum atomic E-state index is -0.510. The number of aliphatic hydroxyl groups is 1. The quantitative estimate of drug-likeness (QED) is 0.909. The van der Waals surface area contributed by atoms with Crippen molar-refractivity contribution in [1.82, 2.24) is 0 Å². The maximum absolute atomic E-state index is 10.3. The molecule has 1 aliphatic rings. The minimum Gasteiger partial charge on any atom is -0.489 e. The van der Waals surface area contributed by atoms with Crippen molar-refractivity contribution in [3.05, 3.63) is 22.7 Å². The molecule has 0 aliphatic carbocycles. The van der Waals surface area contributed by atoms with Crippen LogP contribution in [-0.4, -0.2) is 18.3 Å². The molecule has 0 aromatic heterocycles. The van der Waals surface area contributed by atoms with Crippen LogP contribution in [0, 0.1) is 5.92 Å².